The van der Waals surface area contributed by atoms with E-state index in [1.165, 1.54) is 5.56 Å². The fraction of sp³-hybridized carbons (Fsp3) is 0.308. The van der Waals surface area contributed by atoms with Crippen molar-refractivity contribution in [2.45, 2.75) is 19.8 Å². The average molecular weight is 216 g/mol. The highest BCUT2D eigenvalue weighted by Gasteiger charge is 2.11. The average Bonchev–Trinajstić information content (AvgIpc) is 2.56. The van der Waals surface area contributed by atoms with Crippen LogP contribution in [0.2, 0.25) is 0 Å². The maximum absolute atomic E-state index is 11.2. The summed E-state index contributed by atoms with van der Waals surface area (Å²) in [5.74, 6) is 0.0983. The van der Waals surface area contributed by atoms with Gasteiger partial charge in [0, 0.05) is 18.0 Å². The largest absolute Gasteiger partial charge is 0.364 e. The predicted octanol–water partition coefficient (Wildman–Crippen LogP) is 2.40. The van der Waals surface area contributed by atoms with E-state index in [2.05, 4.69) is 26.0 Å². The van der Waals surface area contributed by atoms with Gasteiger partial charge in [0.1, 0.15) is 5.69 Å². The van der Waals surface area contributed by atoms with Crippen LogP contribution in [0.1, 0.15) is 35.8 Å². The number of fused-ring (bicyclic) bond motifs is 1. The van der Waals surface area contributed by atoms with Gasteiger partial charge in [-0.3, -0.25) is 4.79 Å². The number of amides is 1. The van der Waals surface area contributed by atoms with Gasteiger partial charge in [-0.2, -0.15) is 0 Å². The summed E-state index contributed by atoms with van der Waals surface area (Å²) in [6.45, 7) is 4.30. The number of carbonyl (C=O) groups is 1. The zero-order valence-corrected chi connectivity index (χ0v) is 9.82. The topological polar surface area (TPSA) is 48.0 Å². The molecule has 0 aliphatic carbocycles. The van der Waals surface area contributed by atoms with Crippen molar-refractivity contribution in [3.8, 4) is 0 Å². The maximum atomic E-state index is 11.2. The Bertz CT molecular complexity index is 552. The van der Waals surface area contributed by atoms with Crippen molar-refractivity contribution < 1.29 is 4.79 Å². The van der Waals surface area contributed by atoms with Crippen LogP contribution in [0.25, 0.3) is 10.9 Å². The summed E-state index contributed by atoms with van der Waals surface area (Å²) in [7, 11) is 1.87. The van der Waals surface area contributed by atoms with E-state index in [0.29, 0.717) is 11.6 Å². The molecule has 2 rings (SSSR count). The summed E-state index contributed by atoms with van der Waals surface area (Å²) in [4.78, 5) is 11.2. The lowest BCUT2D eigenvalue weighted by atomic mass is 10.0. The van der Waals surface area contributed by atoms with Crippen LogP contribution in [0.3, 0.4) is 0 Å². The van der Waals surface area contributed by atoms with E-state index in [1.54, 1.807) is 0 Å². The summed E-state index contributed by atoms with van der Waals surface area (Å²) >= 11 is 0. The minimum absolute atomic E-state index is 0.384. The van der Waals surface area contributed by atoms with E-state index in [4.69, 9.17) is 5.73 Å². The number of hydrogen-bond acceptors (Lipinski definition) is 1. The summed E-state index contributed by atoms with van der Waals surface area (Å²) < 4.78 is 1.85. The molecule has 0 unspecified atom stereocenters. The Kier molecular flexibility index (Phi) is 2.46. The Hall–Kier alpha value is -1.77. The van der Waals surface area contributed by atoms with Gasteiger partial charge in [0.05, 0.1) is 0 Å². The van der Waals surface area contributed by atoms with Crippen molar-refractivity contribution in [1.29, 1.82) is 0 Å². The number of aromatic nitrogens is 1. The highest BCUT2D eigenvalue weighted by Crippen LogP contribution is 2.23. The number of primary amides is 1. The highest BCUT2D eigenvalue weighted by molar-refractivity contribution is 5.97. The molecule has 1 heterocycles. The summed E-state index contributed by atoms with van der Waals surface area (Å²) in [6, 6.07) is 8.09. The van der Waals surface area contributed by atoms with Gasteiger partial charge in [0.15, 0.2) is 0 Å². The molecule has 0 bridgehead atoms. The number of nitrogens with zero attached hydrogens (tertiary/aromatic N) is 1. The molecule has 0 aliphatic rings. The second-order valence-electron chi connectivity index (χ2n) is 4.43. The van der Waals surface area contributed by atoms with Gasteiger partial charge in [0.25, 0.3) is 5.91 Å². The van der Waals surface area contributed by atoms with Gasteiger partial charge in [-0.05, 0) is 23.6 Å². The van der Waals surface area contributed by atoms with E-state index in [1.807, 2.05) is 23.7 Å². The third kappa shape index (κ3) is 1.58. The lowest BCUT2D eigenvalue weighted by molar-refractivity contribution is 0.0993. The minimum Gasteiger partial charge on any atom is -0.364 e. The fourth-order valence-electron chi connectivity index (χ4n) is 1.94. The maximum Gasteiger partial charge on any atom is 0.265 e. The quantitative estimate of drug-likeness (QED) is 0.823. The van der Waals surface area contributed by atoms with E-state index < -0.39 is 0 Å². The molecular formula is C13H16N2O. The van der Waals surface area contributed by atoms with Crippen LogP contribution in [-0.4, -0.2) is 10.5 Å². The zero-order chi connectivity index (χ0) is 11.9. The first-order valence-corrected chi connectivity index (χ1v) is 5.40. The van der Waals surface area contributed by atoms with Crippen molar-refractivity contribution in [3.63, 3.8) is 0 Å². The molecule has 2 N–H and O–H groups in total. The molecule has 16 heavy (non-hydrogen) atoms. The Morgan fingerprint density at radius 2 is 2.00 bits per heavy atom. The van der Waals surface area contributed by atoms with Crippen LogP contribution >= 0.6 is 0 Å². The summed E-state index contributed by atoms with van der Waals surface area (Å²) in [6.07, 6.45) is 0. The van der Waals surface area contributed by atoms with Crippen LogP contribution in [0.5, 0.6) is 0 Å². The number of benzene rings is 1. The predicted molar refractivity (Wildman–Crippen MR) is 65.5 cm³/mol. The van der Waals surface area contributed by atoms with Gasteiger partial charge in [-0.1, -0.05) is 26.0 Å². The molecule has 84 valence electrons. The first-order valence-electron chi connectivity index (χ1n) is 5.40. The molecule has 2 aromatic rings. The van der Waals surface area contributed by atoms with Crippen molar-refractivity contribution in [2.24, 2.45) is 12.8 Å². The number of nitrogens with two attached hydrogens (primary N) is 1. The van der Waals surface area contributed by atoms with Crippen LogP contribution in [-0.2, 0) is 7.05 Å². The van der Waals surface area contributed by atoms with Crippen molar-refractivity contribution in [3.05, 3.63) is 35.5 Å². The number of hydrogen-bond donors (Lipinski definition) is 1. The molecule has 0 spiro atoms. The van der Waals surface area contributed by atoms with Gasteiger partial charge in [0.2, 0.25) is 0 Å². The van der Waals surface area contributed by atoms with Crippen LogP contribution in [0.4, 0.5) is 0 Å². The summed E-state index contributed by atoms with van der Waals surface area (Å²) in [5.41, 5.74) is 8.19. The van der Waals surface area contributed by atoms with Crippen LogP contribution in [0.15, 0.2) is 24.3 Å². The van der Waals surface area contributed by atoms with Crippen molar-refractivity contribution >= 4 is 16.8 Å². The van der Waals surface area contributed by atoms with Gasteiger partial charge < -0.3 is 10.3 Å². The third-order valence-electron chi connectivity index (χ3n) is 2.99. The minimum atomic E-state index is -0.384. The van der Waals surface area contributed by atoms with Gasteiger partial charge in [-0.25, -0.2) is 0 Å². The van der Waals surface area contributed by atoms with Crippen LogP contribution in [0, 0.1) is 0 Å². The van der Waals surface area contributed by atoms with E-state index in [0.717, 1.165) is 10.9 Å². The Morgan fingerprint density at radius 1 is 1.31 bits per heavy atom. The molecule has 3 heteroatoms. The molecular weight excluding hydrogens is 200 g/mol. The van der Waals surface area contributed by atoms with E-state index in [-0.39, 0.29) is 5.91 Å². The normalized spacial score (nSPS) is 11.2. The van der Waals surface area contributed by atoms with Crippen LogP contribution < -0.4 is 5.73 Å². The molecule has 3 nitrogen and oxygen atoms in total. The molecule has 0 atom stereocenters. The smallest absolute Gasteiger partial charge is 0.265 e. The molecule has 0 fully saturated rings. The van der Waals surface area contributed by atoms with E-state index >= 15 is 0 Å². The molecule has 1 aromatic heterocycles. The highest BCUT2D eigenvalue weighted by atomic mass is 16.1. The lowest BCUT2D eigenvalue weighted by Crippen LogP contribution is -2.14. The van der Waals surface area contributed by atoms with Gasteiger partial charge in [-0.15, -0.1) is 0 Å². The second kappa shape index (κ2) is 3.67. The van der Waals surface area contributed by atoms with Crippen molar-refractivity contribution in [2.75, 3.05) is 0 Å². The number of aryl methyl sites for hydroxylation is 1. The SMILES string of the molecule is CC(C)c1ccc2cc(C(N)=O)n(C)c2c1. The third-order valence-corrected chi connectivity index (χ3v) is 2.99. The Labute approximate surface area is 94.9 Å². The first kappa shape index (κ1) is 10.7. The molecule has 0 saturated heterocycles. The zero-order valence-electron chi connectivity index (χ0n) is 9.82. The van der Waals surface area contributed by atoms with Gasteiger partial charge >= 0.3 is 0 Å². The molecule has 1 amide bonds. The van der Waals surface area contributed by atoms with Crippen molar-refractivity contribution in [1.82, 2.24) is 4.57 Å². The first-order chi connectivity index (χ1) is 7.50. The summed E-state index contributed by atoms with van der Waals surface area (Å²) in [5, 5.41) is 1.06. The Morgan fingerprint density at radius 3 is 2.56 bits per heavy atom. The standard InChI is InChI=1S/C13H16N2O/c1-8(2)9-4-5-10-7-12(13(14)16)15(3)11(10)6-9/h4-8H,1-3H3,(H2,14,16). The number of rotatable bonds is 2. The number of carbonyl (C=O) groups excluding carboxylic acids is 1. The second-order valence-corrected chi connectivity index (χ2v) is 4.43. The molecule has 0 radical (unpaired) electrons. The molecule has 0 saturated carbocycles. The monoisotopic (exact) mass is 216 g/mol. The molecule has 1 aromatic carbocycles. The lowest BCUT2D eigenvalue weighted by Gasteiger charge is -2.06. The Balaban J connectivity index is 2.69. The molecule has 0 aliphatic heterocycles. The fourth-order valence-corrected chi connectivity index (χ4v) is 1.94. The van der Waals surface area contributed by atoms with E-state index in [9.17, 15) is 4.79 Å².